The van der Waals surface area contributed by atoms with Crippen molar-refractivity contribution in [2.24, 2.45) is 11.8 Å². The number of rotatable bonds is 16. The minimum absolute atomic E-state index is 0.262. The zero-order valence-electron chi connectivity index (χ0n) is 22.6. The van der Waals surface area contributed by atoms with Gasteiger partial charge in [0.05, 0.1) is 0 Å². The maximum Gasteiger partial charge on any atom is 0.326 e. The summed E-state index contributed by atoms with van der Waals surface area (Å²) in [6.07, 6.45) is 6.87. The van der Waals surface area contributed by atoms with Gasteiger partial charge in [0.25, 0.3) is 0 Å². The van der Waals surface area contributed by atoms with Crippen molar-refractivity contribution in [1.82, 2.24) is 16.0 Å². The van der Waals surface area contributed by atoms with Crippen LogP contribution in [0.4, 0.5) is 0 Å². The highest BCUT2D eigenvalue weighted by molar-refractivity contribution is 7.99. The van der Waals surface area contributed by atoms with E-state index in [-0.39, 0.29) is 17.7 Å². The van der Waals surface area contributed by atoms with Crippen LogP contribution >= 0.6 is 11.8 Å². The molecular formula is C26H45N3O5S. The van der Waals surface area contributed by atoms with Crippen molar-refractivity contribution < 1.29 is 24.3 Å². The fourth-order valence-corrected chi connectivity index (χ4v) is 4.23. The maximum absolute atomic E-state index is 13.0. The smallest absolute Gasteiger partial charge is 0.326 e. The molecule has 9 heteroatoms. The molecule has 0 aromatic rings. The Bertz CT molecular complexity index is 775. The molecule has 0 fully saturated rings. The van der Waals surface area contributed by atoms with E-state index >= 15 is 0 Å². The van der Waals surface area contributed by atoms with Crippen molar-refractivity contribution in [3.8, 4) is 0 Å². The molecule has 0 unspecified atom stereocenters. The molecule has 0 aromatic heterocycles. The van der Waals surface area contributed by atoms with Crippen LogP contribution in [0, 0.1) is 11.8 Å². The van der Waals surface area contributed by atoms with Gasteiger partial charge >= 0.3 is 5.97 Å². The summed E-state index contributed by atoms with van der Waals surface area (Å²) >= 11 is 1.52. The Balaban J connectivity index is 5.17. The van der Waals surface area contributed by atoms with Gasteiger partial charge in [-0.05, 0) is 45.4 Å². The second-order valence-electron chi connectivity index (χ2n) is 9.60. The lowest BCUT2D eigenvalue weighted by Crippen LogP contribution is -2.58. The van der Waals surface area contributed by atoms with Crippen LogP contribution in [-0.2, 0) is 19.2 Å². The lowest BCUT2D eigenvalue weighted by molar-refractivity contribution is -0.144. The number of nitrogens with one attached hydrogen (secondary N) is 3. The number of allylic oxidation sites excluding steroid dienone is 3. The SMILES string of the molecule is CC[C@H](C)[C@H](NC(=O)[C@@H](NC(=O)[C@H](CSC/C=C(\C)CCC=C(C)C)NC(C)=O)C(C)C)C(=O)O. The number of aliphatic carboxylic acids is 1. The Morgan fingerprint density at radius 2 is 1.49 bits per heavy atom. The van der Waals surface area contributed by atoms with E-state index in [4.69, 9.17) is 0 Å². The molecule has 0 bridgehead atoms. The van der Waals surface area contributed by atoms with Gasteiger partial charge in [-0.3, -0.25) is 14.4 Å². The third-order valence-electron chi connectivity index (χ3n) is 5.64. The molecule has 0 saturated heterocycles. The minimum atomic E-state index is -1.11. The molecular weight excluding hydrogens is 466 g/mol. The van der Waals surface area contributed by atoms with Crippen molar-refractivity contribution in [1.29, 1.82) is 0 Å². The molecule has 200 valence electrons. The summed E-state index contributed by atoms with van der Waals surface area (Å²) in [5.41, 5.74) is 2.56. The number of carboxylic acid groups (broad SMARTS) is 1. The van der Waals surface area contributed by atoms with E-state index in [9.17, 15) is 24.3 Å². The highest BCUT2D eigenvalue weighted by Crippen LogP contribution is 2.12. The van der Waals surface area contributed by atoms with Gasteiger partial charge in [-0.2, -0.15) is 11.8 Å². The predicted octanol–water partition coefficient (Wildman–Crippen LogP) is 3.67. The molecule has 0 aliphatic heterocycles. The highest BCUT2D eigenvalue weighted by atomic mass is 32.2. The van der Waals surface area contributed by atoms with Gasteiger partial charge in [-0.25, -0.2) is 4.79 Å². The topological polar surface area (TPSA) is 125 Å². The lowest BCUT2D eigenvalue weighted by Gasteiger charge is -2.27. The predicted molar refractivity (Wildman–Crippen MR) is 143 cm³/mol. The van der Waals surface area contributed by atoms with Gasteiger partial charge in [0.1, 0.15) is 18.1 Å². The quantitative estimate of drug-likeness (QED) is 0.185. The zero-order chi connectivity index (χ0) is 27.1. The first-order chi connectivity index (χ1) is 16.3. The summed E-state index contributed by atoms with van der Waals surface area (Å²) < 4.78 is 0. The van der Waals surface area contributed by atoms with Gasteiger partial charge in [0, 0.05) is 18.4 Å². The fourth-order valence-electron chi connectivity index (χ4n) is 3.22. The largest absolute Gasteiger partial charge is 0.480 e. The molecule has 3 amide bonds. The van der Waals surface area contributed by atoms with E-state index in [1.165, 1.54) is 29.8 Å². The number of thioether (sulfide) groups is 1. The van der Waals surface area contributed by atoms with Gasteiger partial charge < -0.3 is 21.1 Å². The second-order valence-corrected chi connectivity index (χ2v) is 10.7. The van der Waals surface area contributed by atoms with E-state index in [0.717, 1.165) is 12.8 Å². The summed E-state index contributed by atoms with van der Waals surface area (Å²) in [6.45, 7) is 14.7. The summed E-state index contributed by atoms with van der Waals surface area (Å²) in [6, 6.07) is -2.78. The van der Waals surface area contributed by atoms with Crippen LogP contribution < -0.4 is 16.0 Å². The zero-order valence-corrected chi connectivity index (χ0v) is 23.4. The van der Waals surface area contributed by atoms with Crippen LogP contribution in [0.1, 0.15) is 74.7 Å². The third kappa shape index (κ3) is 14.0. The van der Waals surface area contributed by atoms with Crippen LogP contribution in [0.25, 0.3) is 0 Å². The Labute approximate surface area is 215 Å². The van der Waals surface area contributed by atoms with E-state index in [1.54, 1.807) is 20.8 Å². The number of amides is 3. The average Bonchev–Trinajstić information content (AvgIpc) is 2.75. The van der Waals surface area contributed by atoms with Crippen LogP contribution in [0.5, 0.6) is 0 Å². The standard InChI is InChI=1S/C26H45N3O5S/c1-9-19(7)23(26(33)34)29-25(32)22(17(4)5)28-24(31)21(27-20(8)30)15-35-14-13-18(6)12-10-11-16(2)3/h11,13,17,19,21-23H,9-10,12,14-15H2,1-8H3,(H,27,30)(H,28,31)(H,29,32)(H,33,34)/b18-13+/t19-,21-,22-,23-/m0/s1. The molecule has 0 spiro atoms. The second kappa shape index (κ2) is 17.2. The molecule has 0 aromatic carbocycles. The van der Waals surface area contributed by atoms with E-state index in [1.807, 2.05) is 6.92 Å². The minimum Gasteiger partial charge on any atom is -0.480 e. The first-order valence-electron chi connectivity index (χ1n) is 12.3. The molecule has 0 rings (SSSR count). The summed E-state index contributed by atoms with van der Waals surface area (Å²) in [7, 11) is 0. The van der Waals surface area contributed by atoms with E-state index in [2.05, 4.69) is 48.9 Å². The first-order valence-corrected chi connectivity index (χ1v) is 13.4. The van der Waals surface area contributed by atoms with Gasteiger partial charge in [0.2, 0.25) is 17.7 Å². The van der Waals surface area contributed by atoms with Crippen LogP contribution in [-0.4, -0.2) is 58.4 Å². The van der Waals surface area contributed by atoms with Crippen LogP contribution in [0.3, 0.4) is 0 Å². The first kappa shape index (κ1) is 32.7. The summed E-state index contributed by atoms with van der Waals surface area (Å²) in [4.78, 5) is 49.1. The average molecular weight is 512 g/mol. The molecule has 4 N–H and O–H groups in total. The van der Waals surface area contributed by atoms with Crippen molar-refractivity contribution >= 4 is 35.5 Å². The van der Waals surface area contributed by atoms with Crippen molar-refractivity contribution in [3.63, 3.8) is 0 Å². The van der Waals surface area contributed by atoms with Crippen LogP contribution in [0.2, 0.25) is 0 Å². The number of carbonyl (C=O) groups excluding carboxylic acids is 3. The van der Waals surface area contributed by atoms with E-state index in [0.29, 0.717) is 17.9 Å². The number of hydrogen-bond acceptors (Lipinski definition) is 5. The van der Waals surface area contributed by atoms with Gasteiger partial charge in [-0.1, -0.05) is 57.4 Å². The number of carbonyl (C=O) groups is 4. The van der Waals surface area contributed by atoms with Crippen molar-refractivity contribution in [2.45, 2.75) is 92.8 Å². The molecule has 0 radical (unpaired) electrons. The van der Waals surface area contributed by atoms with Crippen LogP contribution in [0.15, 0.2) is 23.3 Å². The Kier molecular flexibility index (Phi) is 16.1. The van der Waals surface area contributed by atoms with Crippen molar-refractivity contribution in [2.75, 3.05) is 11.5 Å². The Morgan fingerprint density at radius 3 is 1.97 bits per heavy atom. The molecule has 0 heterocycles. The molecule has 4 atom stereocenters. The lowest BCUT2D eigenvalue weighted by atomic mass is 9.97. The number of hydrogen-bond donors (Lipinski definition) is 4. The molecule has 0 aliphatic rings. The third-order valence-corrected chi connectivity index (χ3v) is 6.61. The molecule has 0 saturated carbocycles. The number of carboxylic acids is 1. The molecule has 0 aliphatic carbocycles. The normalized spacial score (nSPS) is 14.9. The summed E-state index contributed by atoms with van der Waals surface area (Å²) in [5, 5.41) is 17.4. The molecule has 35 heavy (non-hydrogen) atoms. The van der Waals surface area contributed by atoms with Gasteiger partial charge in [0.15, 0.2) is 0 Å². The fraction of sp³-hybridized carbons (Fsp3) is 0.692. The van der Waals surface area contributed by atoms with Gasteiger partial charge in [-0.15, -0.1) is 0 Å². The monoisotopic (exact) mass is 511 g/mol. The highest BCUT2D eigenvalue weighted by Gasteiger charge is 2.32. The Morgan fingerprint density at radius 1 is 0.886 bits per heavy atom. The summed E-state index contributed by atoms with van der Waals surface area (Å²) in [5.74, 6) is -1.96. The van der Waals surface area contributed by atoms with E-state index < -0.39 is 35.9 Å². The maximum atomic E-state index is 13.0. The van der Waals surface area contributed by atoms with Crippen molar-refractivity contribution in [3.05, 3.63) is 23.3 Å². The molecule has 8 nitrogen and oxygen atoms in total. The Hall–Kier alpha value is -2.29.